The van der Waals surface area contributed by atoms with Crippen molar-refractivity contribution in [2.75, 3.05) is 11.3 Å². The molecule has 0 aliphatic carbocycles. The Balaban J connectivity index is 1.60. The third-order valence-corrected chi connectivity index (χ3v) is 5.90. The van der Waals surface area contributed by atoms with Crippen molar-refractivity contribution in [1.82, 2.24) is 5.32 Å². The monoisotopic (exact) mass is 424 g/mol. The van der Waals surface area contributed by atoms with E-state index in [1.54, 1.807) is 37.3 Å². The number of amides is 1. The molecule has 3 aromatic rings. The lowest BCUT2D eigenvalue weighted by atomic mass is 10.1. The number of hydrogen-bond acceptors (Lipinski definition) is 4. The standard InChI is InChI=1S/C23H24N2O4S/c1-17-15-21(30(27,28)25-20-11-7-4-8-12-20)13-14-22(17)29-16-23(26)24-18(2)19-9-5-3-6-10-19/h3-15,18,25H,16H2,1-2H3,(H,24,26)/t18-/m0/s1. The maximum absolute atomic E-state index is 12.6. The van der Waals surface area contributed by atoms with Crippen molar-refractivity contribution >= 4 is 21.6 Å². The topological polar surface area (TPSA) is 84.5 Å². The van der Waals surface area contributed by atoms with Crippen LogP contribution < -0.4 is 14.8 Å². The Bertz CT molecular complexity index is 1100. The lowest BCUT2D eigenvalue weighted by Gasteiger charge is -2.15. The first-order valence-corrected chi connectivity index (χ1v) is 11.0. The van der Waals surface area contributed by atoms with Gasteiger partial charge in [0.25, 0.3) is 15.9 Å². The molecule has 156 valence electrons. The smallest absolute Gasteiger partial charge is 0.261 e. The molecule has 0 bridgehead atoms. The first-order valence-electron chi connectivity index (χ1n) is 9.51. The van der Waals surface area contributed by atoms with Crippen molar-refractivity contribution in [3.63, 3.8) is 0 Å². The van der Waals surface area contributed by atoms with Crippen LogP contribution in [0.4, 0.5) is 5.69 Å². The van der Waals surface area contributed by atoms with E-state index in [0.29, 0.717) is 17.0 Å². The predicted octanol–water partition coefficient (Wildman–Crippen LogP) is 4.05. The third-order valence-electron chi connectivity index (χ3n) is 4.52. The first-order chi connectivity index (χ1) is 14.3. The zero-order valence-corrected chi connectivity index (χ0v) is 17.6. The van der Waals surface area contributed by atoms with Gasteiger partial charge in [-0.05, 0) is 55.3 Å². The normalized spacial score (nSPS) is 12.1. The van der Waals surface area contributed by atoms with Gasteiger partial charge in [-0.15, -0.1) is 0 Å². The van der Waals surface area contributed by atoms with Gasteiger partial charge in [-0.2, -0.15) is 0 Å². The molecular weight excluding hydrogens is 400 g/mol. The van der Waals surface area contributed by atoms with Crippen LogP contribution in [0.25, 0.3) is 0 Å². The van der Waals surface area contributed by atoms with Crippen molar-refractivity contribution in [2.45, 2.75) is 24.8 Å². The Kier molecular flexibility index (Phi) is 6.74. The number of benzene rings is 3. The second-order valence-corrected chi connectivity index (χ2v) is 8.57. The average Bonchev–Trinajstić information content (AvgIpc) is 2.74. The maximum atomic E-state index is 12.6. The highest BCUT2D eigenvalue weighted by Gasteiger charge is 2.16. The number of rotatable bonds is 8. The molecule has 0 radical (unpaired) electrons. The van der Waals surface area contributed by atoms with Crippen LogP contribution in [0.15, 0.2) is 83.8 Å². The van der Waals surface area contributed by atoms with E-state index in [9.17, 15) is 13.2 Å². The number of anilines is 1. The lowest BCUT2D eigenvalue weighted by Crippen LogP contribution is -2.31. The minimum absolute atomic E-state index is 0.123. The summed E-state index contributed by atoms with van der Waals surface area (Å²) in [5.74, 6) is 0.198. The van der Waals surface area contributed by atoms with Gasteiger partial charge in [0.2, 0.25) is 0 Å². The number of hydrogen-bond donors (Lipinski definition) is 2. The minimum Gasteiger partial charge on any atom is -0.484 e. The molecule has 0 unspecified atom stereocenters. The van der Waals surface area contributed by atoms with E-state index in [4.69, 9.17) is 4.74 Å². The van der Waals surface area contributed by atoms with Gasteiger partial charge in [-0.25, -0.2) is 8.42 Å². The van der Waals surface area contributed by atoms with Gasteiger partial charge in [0.05, 0.1) is 10.9 Å². The molecule has 1 atom stereocenters. The molecular formula is C23H24N2O4S. The maximum Gasteiger partial charge on any atom is 0.261 e. The minimum atomic E-state index is -3.72. The summed E-state index contributed by atoms with van der Waals surface area (Å²) in [5, 5.41) is 2.88. The molecule has 0 aliphatic heterocycles. The van der Waals surface area contributed by atoms with Gasteiger partial charge < -0.3 is 10.1 Å². The van der Waals surface area contributed by atoms with Crippen LogP contribution in [-0.4, -0.2) is 20.9 Å². The van der Waals surface area contributed by atoms with Crippen LogP contribution in [0.1, 0.15) is 24.1 Å². The lowest BCUT2D eigenvalue weighted by molar-refractivity contribution is -0.123. The molecule has 0 saturated carbocycles. The highest BCUT2D eigenvalue weighted by molar-refractivity contribution is 7.92. The van der Waals surface area contributed by atoms with Gasteiger partial charge in [0, 0.05) is 5.69 Å². The number of nitrogens with one attached hydrogen (secondary N) is 2. The highest BCUT2D eigenvalue weighted by atomic mass is 32.2. The van der Waals surface area contributed by atoms with Gasteiger partial charge in [0.15, 0.2) is 6.61 Å². The molecule has 3 rings (SSSR count). The largest absolute Gasteiger partial charge is 0.484 e. The van der Waals surface area contributed by atoms with Gasteiger partial charge in [-0.3, -0.25) is 9.52 Å². The van der Waals surface area contributed by atoms with Crippen LogP contribution in [-0.2, 0) is 14.8 Å². The summed E-state index contributed by atoms with van der Waals surface area (Å²) in [6, 6.07) is 22.7. The van der Waals surface area contributed by atoms with Crippen molar-refractivity contribution in [3.8, 4) is 5.75 Å². The Morgan fingerprint density at radius 1 is 0.967 bits per heavy atom. The summed E-state index contributed by atoms with van der Waals surface area (Å²) in [6.07, 6.45) is 0. The van der Waals surface area contributed by atoms with Crippen molar-refractivity contribution in [1.29, 1.82) is 0 Å². The molecule has 0 aromatic heterocycles. The number of carbonyl (C=O) groups is 1. The fraction of sp³-hybridized carbons (Fsp3) is 0.174. The number of sulfonamides is 1. The quantitative estimate of drug-likeness (QED) is 0.571. The van der Waals surface area contributed by atoms with Crippen molar-refractivity contribution in [3.05, 3.63) is 90.0 Å². The highest BCUT2D eigenvalue weighted by Crippen LogP contribution is 2.23. The number of ether oxygens (including phenoxy) is 1. The number of para-hydroxylation sites is 1. The van der Waals surface area contributed by atoms with E-state index in [2.05, 4.69) is 10.0 Å². The molecule has 0 saturated heterocycles. The van der Waals surface area contributed by atoms with Crippen LogP contribution in [0.2, 0.25) is 0 Å². The molecule has 0 spiro atoms. The molecule has 2 N–H and O–H groups in total. The van der Waals surface area contributed by atoms with Crippen LogP contribution >= 0.6 is 0 Å². The van der Waals surface area contributed by atoms with E-state index in [0.717, 1.165) is 5.56 Å². The predicted molar refractivity (Wildman–Crippen MR) is 117 cm³/mol. The fourth-order valence-corrected chi connectivity index (χ4v) is 4.07. The molecule has 0 heterocycles. The molecule has 0 aliphatic rings. The summed E-state index contributed by atoms with van der Waals surface area (Å²) in [4.78, 5) is 12.3. The summed E-state index contributed by atoms with van der Waals surface area (Å²) in [5.41, 5.74) is 2.11. The van der Waals surface area contributed by atoms with Crippen molar-refractivity contribution in [2.24, 2.45) is 0 Å². The molecule has 7 heteroatoms. The van der Waals surface area contributed by atoms with Gasteiger partial charge >= 0.3 is 0 Å². The first kappa shape index (κ1) is 21.4. The molecule has 0 fully saturated rings. The summed E-state index contributed by atoms with van der Waals surface area (Å²) < 4.78 is 33.3. The second kappa shape index (κ2) is 9.45. The number of carbonyl (C=O) groups excluding carboxylic acids is 1. The number of aryl methyl sites for hydroxylation is 1. The SMILES string of the molecule is Cc1cc(S(=O)(=O)Nc2ccccc2)ccc1OCC(=O)N[C@@H](C)c1ccccc1. The Hall–Kier alpha value is -3.32. The van der Waals surface area contributed by atoms with E-state index in [-0.39, 0.29) is 23.5 Å². The third kappa shape index (κ3) is 5.61. The zero-order chi connectivity index (χ0) is 21.6. The van der Waals surface area contributed by atoms with E-state index < -0.39 is 10.0 Å². The summed E-state index contributed by atoms with van der Waals surface area (Å²) >= 11 is 0. The van der Waals surface area contributed by atoms with Crippen LogP contribution in [0, 0.1) is 6.92 Å². The zero-order valence-electron chi connectivity index (χ0n) is 16.8. The second-order valence-electron chi connectivity index (χ2n) is 6.89. The fourth-order valence-electron chi connectivity index (χ4n) is 2.92. The average molecular weight is 425 g/mol. The molecule has 30 heavy (non-hydrogen) atoms. The van der Waals surface area contributed by atoms with E-state index in [1.165, 1.54) is 12.1 Å². The van der Waals surface area contributed by atoms with E-state index >= 15 is 0 Å². The van der Waals surface area contributed by atoms with Gasteiger partial charge in [0.1, 0.15) is 5.75 Å². The van der Waals surface area contributed by atoms with Gasteiger partial charge in [-0.1, -0.05) is 48.5 Å². The van der Waals surface area contributed by atoms with Crippen LogP contribution in [0.5, 0.6) is 5.75 Å². The summed E-state index contributed by atoms with van der Waals surface area (Å²) in [6.45, 7) is 3.48. The molecule has 3 aromatic carbocycles. The van der Waals surface area contributed by atoms with E-state index in [1.807, 2.05) is 43.3 Å². The van der Waals surface area contributed by atoms with Crippen molar-refractivity contribution < 1.29 is 17.9 Å². The van der Waals surface area contributed by atoms with Crippen LogP contribution in [0.3, 0.4) is 0 Å². The Morgan fingerprint density at radius 3 is 2.23 bits per heavy atom. The Labute approximate surface area is 177 Å². The molecule has 6 nitrogen and oxygen atoms in total. The summed E-state index contributed by atoms with van der Waals surface area (Å²) in [7, 11) is -3.72. The Morgan fingerprint density at radius 2 is 1.60 bits per heavy atom. The molecule has 1 amide bonds.